The smallest absolute Gasteiger partial charge is 0.239 e. The summed E-state index contributed by atoms with van der Waals surface area (Å²) in [6.07, 6.45) is 1.92. The van der Waals surface area contributed by atoms with Crippen LogP contribution in [0.25, 0.3) is 0 Å². The van der Waals surface area contributed by atoms with Gasteiger partial charge in [-0.3, -0.25) is 9.59 Å². The summed E-state index contributed by atoms with van der Waals surface area (Å²) in [7, 11) is 0. The standard InChI is InChI=1S/C17H19FN2O3/c1-13(21)20(11-15-6-4-10-23-15)12-17(22)19-9-8-14-5-2-3-7-16(14)18/h2-7,10H,8-9,11-12H2,1H3,(H,19,22). The Morgan fingerprint density at radius 2 is 2.00 bits per heavy atom. The second-order valence-corrected chi connectivity index (χ2v) is 5.15. The Morgan fingerprint density at radius 3 is 2.65 bits per heavy atom. The summed E-state index contributed by atoms with van der Waals surface area (Å²) in [6.45, 7) is 1.89. The molecule has 2 aromatic rings. The summed E-state index contributed by atoms with van der Waals surface area (Å²) in [4.78, 5) is 24.9. The van der Waals surface area contributed by atoms with Crippen LogP contribution in [-0.4, -0.2) is 29.8 Å². The number of halogens is 1. The molecule has 122 valence electrons. The number of rotatable bonds is 7. The van der Waals surface area contributed by atoms with Gasteiger partial charge in [-0.25, -0.2) is 4.39 Å². The molecular formula is C17H19FN2O3. The first kappa shape index (κ1) is 16.7. The van der Waals surface area contributed by atoms with Crippen LogP contribution >= 0.6 is 0 Å². The molecular weight excluding hydrogens is 299 g/mol. The van der Waals surface area contributed by atoms with Crippen LogP contribution < -0.4 is 5.32 Å². The molecule has 0 spiro atoms. The number of furan rings is 1. The molecule has 5 nitrogen and oxygen atoms in total. The molecule has 0 aliphatic carbocycles. The number of nitrogens with one attached hydrogen (secondary N) is 1. The van der Waals surface area contributed by atoms with Gasteiger partial charge in [0.15, 0.2) is 0 Å². The number of amides is 2. The van der Waals surface area contributed by atoms with Gasteiger partial charge in [0.1, 0.15) is 11.6 Å². The van der Waals surface area contributed by atoms with Crippen LogP contribution in [0.15, 0.2) is 47.1 Å². The van der Waals surface area contributed by atoms with Gasteiger partial charge in [-0.1, -0.05) is 18.2 Å². The molecule has 0 radical (unpaired) electrons. The molecule has 1 heterocycles. The maximum Gasteiger partial charge on any atom is 0.239 e. The van der Waals surface area contributed by atoms with Crippen LogP contribution in [0.5, 0.6) is 0 Å². The van der Waals surface area contributed by atoms with E-state index >= 15 is 0 Å². The fourth-order valence-electron chi connectivity index (χ4n) is 2.14. The normalized spacial score (nSPS) is 10.3. The second kappa shape index (κ2) is 8.12. The molecule has 0 atom stereocenters. The molecule has 0 saturated heterocycles. The van der Waals surface area contributed by atoms with E-state index in [0.717, 1.165) is 0 Å². The molecule has 0 aliphatic heterocycles. The lowest BCUT2D eigenvalue weighted by Crippen LogP contribution is -2.39. The predicted octanol–water partition coefficient (Wildman–Crippen LogP) is 2.13. The van der Waals surface area contributed by atoms with E-state index in [2.05, 4.69) is 5.32 Å². The van der Waals surface area contributed by atoms with Crippen LogP contribution in [0.3, 0.4) is 0 Å². The van der Waals surface area contributed by atoms with Gasteiger partial charge < -0.3 is 14.6 Å². The molecule has 23 heavy (non-hydrogen) atoms. The third kappa shape index (κ3) is 5.25. The van der Waals surface area contributed by atoms with Crippen molar-refractivity contribution in [2.75, 3.05) is 13.1 Å². The Labute approximate surface area is 134 Å². The highest BCUT2D eigenvalue weighted by molar-refractivity contribution is 5.83. The zero-order valence-corrected chi connectivity index (χ0v) is 12.9. The molecule has 1 aromatic carbocycles. The minimum absolute atomic E-state index is 0.0622. The average Bonchev–Trinajstić information content (AvgIpc) is 3.01. The summed E-state index contributed by atoms with van der Waals surface area (Å²) in [5.74, 6) is -0.182. The van der Waals surface area contributed by atoms with E-state index in [-0.39, 0.29) is 30.7 Å². The van der Waals surface area contributed by atoms with Gasteiger partial charge in [0, 0.05) is 13.5 Å². The number of nitrogens with zero attached hydrogens (tertiary/aromatic N) is 1. The van der Waals surface area contributed by atoms with Gasteiger partial charge in [-0.15, -0.1) is 0 Å². The average molecular weight is 318 g/mol. The molecule has 0 unspecified atom stereocenters. The second-order valence-electron chi connectivity index (χ2n) is 5.15. The van der Waals surface area contributed by atoms with Gasteiger partial charge in [0.25, 0.3) is 0 Å². The highest BCUT2D eigenvalue weighted by atomic mass is 19.1. The van der Waals surface area contributed by atoms with Crippen molar-refractivity contribution in [3.05, 3.63) is 59.8 Å². The first-order valence-electron chi connectivity index (χ1n) is 7.34. The third-order valence-corrected chi connectivity index (χ3v) is 3.38. The van der Waals surface area contributed by atoms with Crippen molar-refractivity contribution in [1.29, 1.82) is 0 Å². The van der Waals surface area contributed by atoms with E-state index in [4.69, 9.17) is 4.42 Å². The predicted molar refractivity (Wildman–Crippen MR) is 82.9 cm³/mol. The van der Waals surface area contributed by atoms with Gasteiger partial charge in [0.05, 0.1) is 19.4 Å². The molecule has 1 N–H and O–H groups in total. The Kier molecular flexibility index (Phi) is 5.91. The summed E-state index contributed by atoms with van der Waals surface area (Å²) < 4.78 is 18.6. The largest absolute Gasteiger partial charge is 0.467 e. The van der Waals surface area contributed by atoms with Crippen molar-refractivity contribution < 1.29 is 18.4 Å². The van der Waals surface area contributed by atoms with E-state index in [1.54, 1.807) is 30.3 Å². The summed E-state index contributed by atoms with van der Waals surface area (Å²) in [5.41, 5.74) is 0.548. The number of benzene rings is 1. The zero-order chi connectivity index (χ0) is 16.7. The van der Waals surface area contributed by atoms with E-state index in [0.29, 0.717) is 24.3 Å². The zero-order valence-electron chi connectivity index (χ0n) is 12.9. The van der Waals surface area contributed by atoms with Gasteiger partial charge in [-0.2, -0.15) is 0 Å². The van der Waals surface area contributed by atoms with Crippen LogP contribution in [0.2, 0.25) is 0 Å². The van der Waals surface area contributed by atoms with E-state index in [1.807, 2.05) is 0 Å². The van der Waals surface area contributed by atoms with Crippen LogP contribution in [0.1, 0.15) is 18.2 Å². The van der Waals surface area contributed by atoms with Crippen LogP contribution in [0, 0.1) is 5.82 Å². The molecule has 0 bridgehead atoms. The molecule has 0 fully saturated rings. The van der Waals surface area contributed by atoms with E-state index < -0.39 is 0 Å². The van der Waals surface area contributed by atoms with Crippen molar-refractivity contribution in [2.24, 2.45) is 0 Å². The summed E-state index contributed by atoms with van der Waals surface area (Å²) in [6, 6.07) is 9.91. The Bertz CT molecular complexity index is 656. The molecule has 1 aromatic heterocycles. The quantitative estimate of drug-likeness (QED) is 0.850. The third-order valence-electron chi connectivity index (χ3n) is 3.38. The van der Waals surface area contributed by atoms with Crippen molar-refractivity contribution >= 4 is 11.8 Å². The SMILES string of the molecule is CC(=O)N(CC(=O)NCCc1ccccc1F)Cc1ccco1. The molecule has 2 rings (SSSR count). The molecule has 6 heteroatoms. The van der Waals surface area contributed by atoms with Gasteiger partial charge in [0.2, 0.25) is 11.8 Å². The highest BCUT2D eigenvalue weighted by Crippen LogP contribution is 2.07. The van der Waals surface area contributed by atoms with Gasteiger partial charge >= 0.3 is 0 Å². The van der Waals surface area contributed by atoms with Crippen molar-refractivity contribution in [3.8, 4) is 0 Å². The monoisotopic (exact) mass is 318 g/mol. The summed E-state index contributed by atoms with van der Waals surface area (Å²) in [5, 5.41) is 2.69. The lowest BCUT2D eigenvalue weighted by molar-refractivity contribution is -0.135. The van der Waals surface area contributed by atoms with Crippen molar-refractivity contribution in [2.45, 2.75) is 19.9 Å². The fourth-order valence-corrected chi connectivity index (χ4v) is 2.14. The highest BCUT2D eigenvalue weighted by Gasteiger charge is 2.15. The number of carbonyl (C=O) groups excluding carboxylic acids is 2. The Balaban J connectivity index is 1.80. The minimum atomic E-state index is -0.289. The van der Waals surface area contributed by atoms with Crippen molar-refractivity contribution in [1.82, 2.24) is 10.2 Å². The maximum absolute atomic E-state index is 13.5. The first-order valence-corrected chi connectivity index (χ1v) is 7.34. The number of hydrogen-bond acceptors (Lipinski definition) is 3. The first-order chi connectivity index (χ1) is 11.1. The van der Waals surface area contributed by atoms with E-state index in [1.165, 1.54) is 24.2 Å². The van der Waals surface area contributed by atoms with Gasteiger partial charge in [-0.05, 0) is 30.2 Å². The molecule has 0 aliphatic rings. The van der Waals surface area contributed by atoms with Crippen LogP contribution in [0.4, 0.5) is 4.39 Å². The van der Waals surface area contributed by atoms with Crippen molar-refractivity contribution in [3.63, 3.8) is 0 Å². The van der Waals surface area contributed by atoms with E-state index in [9.17, 15) is 14.0 Å². The number of hydrogen-bond donors (Lipinski definition) is 1. The minimum Gasteiger partial charge on any atom is -0.467 e. The fraction of sp³-hybridized carbons (Fsp3) is 0.294. The topological polar surface area (TPSA) is 62.6 Å². The number of carbonyl (C=O) groups is 2. The lowest BCUT2D eigenvalue weighted by atomic mass is 10.1. The Morgan fingerprint density at radius 1 is 1.22 bits per heavy atom. The maximum atomic E-state index is 13.5. The lowest BCUT2D eigenvalue weighted by Gasteiger charge is -2.19. The Hall–Kier alpha value is -2.63. The molecule has 2 amide bonds. The molecule has 0 saturated carbocycles. The van der Waals surface area contributed by atoms with Crippen LogP contribution in [-0.2, 0) is 22.6 Å². The summed E-state index contributed by atoms with van der Waals surface area (Å²) >= 11 is 0.